The van der Waals surface area contributed by atoms with E-state index in [0.29, 0.717) is 13.2 Å². The van der Waals surface area contributed by atoms with E-state index in [0.717, 1.165) is 25.7 Å². The molecular weight excluding hydrogens is 184 g/mol. The van der Waals surface area contributed by atoms with E-state index in [9.17, 15) is 0 Å². The Kier molecular flexibility index (Phi) is 21.6. The Morgan fingerprint density at radius 2 is 1.29 bits per heavy atom. The van der Waals surface area contributed by atoms with Crippen molar-refractivity contribution in [3.63, 3.8) is 0 Å². The minimum absolute atomic E-state index is 0.133. The van der Waals surface area contributed by atoms with Gasteiger partial charge in [0.15, 0.2) is 0 Å². The van der Waals surface area contributed by atoms with Crippen LogP contribution >= 0.6 is 0 Å². The normalized spacial score (nSPS) is 9.43. The van der Waals surface area contributed by atoms with Gasteiger partial charge in [0.1, 0.15) is 0 Å². The molecule has 0 bridgehead atoms. The molecule has 0 radical (unpaired) electrons. The smallest absolute Gasteiger partial charge is 0.0697 e. The van der Waals surface area contributed by atoms with Gasteiger partial charge in [0.05, 0.1) is 13.2 Å². The Balaban J connectivity index is 0. The largest absolute Gasteiger partial charge is 0.396 e. The predicted octanol–water partition coefficient (Wildman–Crippen LogP) is 0.547. The van der Waals surface area contributed by atoms with Crippen LogP contribution < -0.4 is 0 Å². The molecule has 0 atom stereocenters. The maximum absolute atomic E-state index is 8.30. The predicted molar refractivity (Wildman–Crippen MR) is 56.2 cm³/mol. The van der Waals surface area contributed by atoms with Gasteiger partial charge in [-0.3, -0.25) is 0 Å². The van der Waals surface area contributed by atoms with Crippen molar-refractivity contribution in [2.24, 2.45) is 0 Å². The summed E-state index contributed by atoms with van der Waals surface area (Å²) in [6.45, 7) is 3.76. The van der Waals surface area contributed by atoms with Gasteiger partial charge in [-0.1, -0.05) is 12.8 Å². The minimum Gasteiger partial charge on any atom is -0.396 e. The number of hydrogen-bond donors (Lipinski definition) is 3. The second kappa shape index (κ2) is 18.6. The molecule has 0 heterocycles. The lowest BCUT2D eigenvalue weighted by Gasteiger charge is -1.93. The number of ether oxygens (including phenoxy) is 1. The van der Waals surface area contributed by atoms with E-state index >= 15 is 0 Å². The van der Waals surface area contributed by atoms with Gasteiger partial charge in [0, 0.05) is 19.8 Å². The van der Waals surface area contributed by atoms with E-state index in [1.165, 1.54) is 0 Å². The monoisotopic (exact) mass is 208 g/mol. The molecule has 88 valence electrons. The first-order valence-corrected chi connectivity index (χ1v) is 5.23. The summed E-state index contributed by atoms with van der Waals surface area (Å²) >= 11 is 0. The Hall–Kier alpha value is -0.160. The zero-order chi connectivity index (χ0) is 11.1. The topological polar surface area (TPSA) is 69.9 Å². The van der Waals surface area contributed by atoms with Crippen LogP contribution in [0.4, 0.5) is 0 Å². The summed E-state index contributed by atoms with van der Waals surface area (Å²) in [6, 6.07) is 0. The van der Waals surface area contributed by atoms with E-state index in [1.54, 1.807) is 0 Å². The molecule has 0 aromatic carbocycles. The second-order valence-electron chi connectivity index (χ2n) is 2.78. The van der Waals surface area contributed by atoms with Crippen LogP contribution in [0.2, 0.25) is 0 Å². The van der Waals surface area contributed by atoms with Gasteiger partial charge in [-0.15, -0.1) is 0 Å². The zero-order valence-electron chi connectivity index (χ0n) is 9.11. The summed E-state index contributed by atoms with van der Waals surface area (Å²) < 4.78 is 4.73. The van der Waals surface area contributed by atoms with Gasteiger partial charge >= 0.3 is 0 Å². The molecule has 0 spiro atoms. The molecule has 14 heavy (non-hydrogen) atoms. The Morgan fingerprint density at radius 1 is 0.786 bits per heavy atom. The molecule has 3 N–H and O–H groups in total. The fourth-order valence-corrected chi connectivity index (χ4v) is 0.786. The fraction of sp³-hybridized carbons (Fsp3) is 1.00. The molecule has 4 nitrogen and oxygen atoms in total. The van der Waals surface area contributed by atoms with E-state index in [2.05, 4.69) is 0 Å². The molecule has 0 amide bonds. The number of aliphatic hydroxyl groups excluding tert-OH is 3. The molecule has 0 aliphatic rings. The van der Waals surface area contributed by atoms with Crippen molar-refractivity contribution >= 4 is 0 Å². The van der Waals surface area contributed by atoms with Crippen molar-refractivity contribution in [1.82, 2.24) is 0 Å². The van der Waals surface area contributed by atoms with Crippen LogP contribution in [0.5, 0.6) is 0 Å². The summed E-state index contributed by atoms with van der Waals surface area (Å²) in [7, 11) is 0. The summed E-state index contributed by atoms with van der Waals surface area (Å²) in [5.74, 6) is 0. The highest BCUT2D eigenvalue weighted by Crippen LogP contribution is 1.96. The Labute approximate surface area is 86.5 Å². The first kappa shape index (κ1) is 16.3. The van der Waals surface area contributed by atoms with Crippen molar-refractivity contribution < 1.29 is 20.1 Å². The van der Waals surface area contributed by atoms with Gasteiger partial charge < -0.3 is 20.1 Å². The standard InChI is InChI=1S/C6H14O2.C4H10O2/c7-5-3-1-2-4-6-8;1-2-6-4-3-5/h7-8H,1-6H2;5H,2-4H2,1H3. The van der Waals surface area contributed by atoms with Crippen LogP contribution in [0.3, 0.4) is 0 Å². The molecule has 0 aliphatic heterocycles. The molecule has 0 aromatic heterocycles. The highest BCUT2D eigenvalue weighted by molar-refractivity contribution is 4.39. The van der Waals surface area contributed by atoms with Crippen molar-refractivity contribution in [3.05, 3.63) is 0 Å². The van der Waals surface area contributed by atoms with Crippen molar-refractivity contribution in [2.45, 2.75) is 32.6 Å². The summed E-state index contributed by atoms with van der Waals surface area (Å²) in [5.41, 5.74) is 0. The average Bonchev–Trinajstić information content (AvgIpc) is 2.22. The highest BCUT2D eigenvalue weighted by atomic mass is 16.5. The molecule has 0 aromatic rings. The van der Waals surface area contributed by atoms with Gasteiger partial charge in [0.2, 0.25) is 0 Å². The number of rotatable bonds is 8. The second-order valence-corrected chi connectivity index (χ2v) is 2.78. The third-order valence-corrected chi connectivity index (χ3v) is 1.51. The first-order valence-electron chi connectivity index (χ1n) is 5.23. The van der Waals surface area contributed by atoms with Crippen molar-refractivity contribution in [1.29, 1.82) is 0 Å². The Morgan fingerprint density at radius 3 is 1.50 bits per heavy atom. The first-order chi connectivity index (χ1) is 6.83. The molecule has 0 saturated heterocycles. The molecule has 0 unspecified atom stereocenters. The van der Waals surface area contributed by atoms with E-state index in [-0.39, 0.29) is 19.8 Å². The molecular formula is C10H24O4. The van der Waals surface area contributed by atoms with Gasteiger partial charge in [-0.2, -0.15) is 0 Å². The fourth-order valence-electron chi connectivity index (χ4n) is 0.786. The lowest BCUT2D eigenvalue weighted by molar-refractivity contribution is 0.102. The van der Waals surface area contributed by atoms with Crippen LogP contribution in [0.25, 0.3) is 0 Å². The summed E-state index contributed by atoms with van der Waals surface area (Å²) in [4.78, 5) is 0. The Bertz CT molecular complexity index is 68.5. The van der Waals surface area contributed by atoms with Crippen LogP contribution in [-0.2, 0) is 4.74 Å². The molecule has 0 aliphatic carbocycles. The van der Waals surface area contributed by atoms with E-state index in [1.807, 2.05) is 6.92 Å². The minimum atomic E-state index is 0.133. The quantitative estimate of drug-likeness (QED) is 0.509. The maximum Gasteiger partial charge on any atom is 0.0697 e. The highest BCUT2D eigenvalue weighted by Gasteiger charge is 1.84. The molecule has 0 saturated carbocycles. The van der Waals surface area contributed by atoms with Gasteiger partial charge in [-0.25, -0.2) is 0 Å². The van der Waals surface area contributed by atoms with E-state index < -0.39 is 0 Å². The average molecular weight is 208 g/mol. The van der Waals surface area contributed by atoms with Crippen LogP contribution in [0.1, 0.15) is 32.6 Å². The molecule has 0 fully saturated rings. The maximum atomic E-state index is 8.30. The van der Waals surface area contributed by atoms with Crippen LogP contribution in [-0.4, -0.2) is 48.4 Å². The molecule has 0 rings (SSSR count). The number of hydrogen-bond acceptors (Lipinski definition) is 4. The van der Waals surface area contributed by atoms with Crippen LogP contribution in [0, 0.1) is 0 Å². The van der Waals surface area contributed by atoms with Gasteiger partial charge in [-0.05, 0) is 19.8 Å². The third-order valence-electron chi connectivity index (χ3n) is 1.51. The summed E-state index contributed by atoms with van der Waals surface area (Å²) in [5, 5.41) is 24.7. The zero-order valence-corrected chi connectivity index (χ0v) is 9.11. The lowest BCUT2D eigenvalue weighted by Crippen LogP contribution is -1.96. The number of aliphatic hydroxyl groups is 3. The molecule has 4 heteroatoms. The van der Waals surface area contributed by atoms with E-state index in [4.69, 9.17) is 20.1 Å². The lowest BCUT2D eigenvalue weighted by atomic mass is 10.2. The van der Waals surface area contributed by atoms with Crippen molar-refractivity contribution in [2.75, 3.05) is 33.0 Å². The summed E-state index contributed by atoms with van der Waals surface area (Å²) in [6.07, 6.45) is 3.83. The van der Waals surface area contributed by atoms with Crippen molar-refractivity contribution in [3.8, 4) is 0 Å². The van der Waals surface area contributed by atoms with Gasteiger partial charge in [0.25, 0.3) is 0 Å². The SMILES string of the molecule is CCOCCO.OCCCCCCO. The van der Waals surface area contributed by atoms with Crippen LogP contribution in [0.15, 0.2) is 0 Å². The number of unbranched alkanes of at least 4 members (excludes halogenated alkanes) is 3. The third kappa shape index (κ3) is 22.6.